The van der Waals surface area contributed by atoms with Crippen LogP contribution in [0.4, 0.5) is 10.5 Å². The van der Waals surface area contributed by atoms with E-state index in [0.717, 1.165) is 0 Å². The highest BCUT2D eigenvalue weighted by Gasteiger charge is 2.17. The topological polar surface area (TPSA) is 81.4 Å². The molecule has 0 spiro atoms. The van der Waals surface area contributed by atoms with Gasteiger partial charge in [0.05, 0.1) is 21.2 Å². The second-order valence-electron chi connectivity index (χ2n) is 3.35. The minimum atomic E-state index is -2.83. The SMILES string of the molecule is CC=S(=O)(NC(=O)OCC)c1ccc(N)cc1Br. The van der Waals surface area contributed by atoms with Gasteiger partial charge in [0, 0.05) is 10.2 Å². The van der Waals surface area contributed by atoms with Crippen LogP contribution >= 0.6 is 15.9 Å². The van der Waals surface area contributed by atoms with E-state index in [1.54, 1.807) is 32.0 Å². The van der Waals surface area contributed by atoms with Gasteiger partial charge in [-0.1, -0.05) is 0 Å². The summed E-state index contributed by atoms with van der Waals surface area (Å²) in [5.41, 5.74) is 6.16. The summed E-state index contributed by atoms with van der Waals surface area (Å²) in [6.07, 6.45) is -0.718. The fraction of sp³-hybridized carbons (Fsp3) is 0.273. The van der Waals surface area contributed by atoms with Gasteiger partial charge in [-0.15, -0.1) is 0 Å². The van der Waals surface area contributed by atoms with E-state index in [-0.39, 0.29) is 6.61 Å². The lowest BCUT2D eigenvalue weighted by Gasteiger charge is -2.14. The first kappa shape index (κ1) is 14.8. The van der Waals surface area contributed by atoms with Crippen molar-refractivity contribution in [1.82, 2.24) is 4.72 Å². The summed E-state index contributed by atoms with van der Waals surface area (Å²) in [6.45, 7) is 3.50. The van der Waals surface area contributed by atoms with E-state index >= 15 is 0 Å². The molecule has 1 amide bonds. The number of carbonyl (C=O) groups excluding carboxylic acids is 1. The van der Waals surface area contributed by atoms with Crippen molar-refractivity contribution >= 4 is 42.8 Å². The second kappa shape index (κ2) is 6.10. The van der Waals surface area contributed by atoms with Gasteiger partial charge in [-0.05, 0) is 53.3 Å². The van der Waals surface area contributed by atoms with Crippen LogP contribution < -0.4 is 10.5 Å². The number of anilines is 1. The first-order chi connectivity index (χ1) is 8.42. The van der Waals surface area contributed by atoms with E-state index in [0.29, 0.717) is 15.1 Å². The molecular weight excluding hydrogens is 320 g/mol. The fourth-order valence-electron chi connectivity index (χ4n) is 1.29. The number of amides is 1. The molecule has 5 nitrogen and oxygen atoms in total. The summed E-state index contributed by atoms with van der Waals surface area (Å²) in [7, 11) is -2.83. The molecule has 0 radical (unpaired) electrons. The number of nitrogen functional groups attached to an aromatic ring is 1. The standard InChI is InChI=1S/C11H15BrN2O3S/c1-3-17-11(15)14-18(16,4-2)10-6-5-8(13)7-9(10)12/h4-7H,3,13H2,1-2H3,(H,14,15,16). The average Bonchev–Trinajstić information content (AvgIpc) is 2.28. The van der Waals surface area contributed by atoms with E-state index in [9.17, 15) is 9.00 Å². The summed E-state index contributed by atoms with van der Waals surface area (Å²) in [4.78, 5) is 11.8. The maximum atomic E-state index is 12.6. The van der Waals surface area contributed by atoms with Crippen LogP contribution in [0.3, 0.4) is 0 Å². The second-order valence-corrected chi connectivity index (χ2v) is 6.52. The Morgan fingerprint density at radius 2 is 2.28 bits per heavy atom. The first-order valence-electron chi connectivity index (χ1n) is 5.26. The predicted molar refractivity (Wildman–Crippen MR) is 76.9 cm³/mol. The van der Waals surface area contributed by atoms with E-state index in [2.05, 4.69) is 20.7 Å². The molecule has 1 atom stereocenters. The van der Waals surface area contributed by atoms with Gasteiger partial charge < -0.3 is 10.5 Å². The van der Waals surface area contributed by atoms with Crippen molar-refractivity contribution in [3.8, 4) is 0 Å². The molecule has 1 aromatic carbocycles. The van der Waals surface area contributed by atoms with Crippen molar-refractivity contribution in [2.45, 2.75) is 18.7 Å². The first-order valence-corrected chi connectivity index (χ1v) is 7.67. The number of halogens is 1. The molecular formula is C11H15BrN2O3S. The van der Waals surface area contributed by atoms with Crippen molar-refractivity contribution in [3.05, 3.63) is 22.7 Å². The van der Waals surface area contributed by atoms with Gasteiger partial charge in [0.2, 0.25) is 0 Å². The van der Waals surface area contributed by atoms with Crippen LogP contribution in [0.5, 0.6) is 0 Å². The number of nitrogens with one attached hydrogen (secondary N) is 1. The molecule has 7 heteroatoms. The molecule has 1 aromatic rings. The lowest BCUT2D eigenvalue weighted by atomic mass is 10.3. The van der Waals surface area contributed by atoms with E-state index in [4.69, 9.17) is 10.5 Å². The molecule has 0 aromatic heterocycles. The Hall–Kier alpha value is -1.21. The summed E-state index contributed by atoms with van der Waals surface area (Å²) < 4.78 is 20.3. The third kappa shape index (κ3) is 3.39. The maximum absolute atomic E-state index is 12.6. The highest BCUT2D eigenvalue weighted by atomic mass is 79.9. The monoisotopic (exact) mass is 334 g/mol. The van der Waals surface area contributed by atoms with Crippen LogP contribution in [0.1, 0.15) is 13.8 Å². The van der Waals surface area contributed by atoms with Gasteiger partial charge in [0.1, 0.15) is 0 Å². The van der Waals surface area contributed by atoms with Crippen molar-refractivity contribution in [2.75, 3.05) is 12.3 Å². The predicted octanol–water partition coefficient (Wildman–Crippen LogP) is 2.16. The Bertz CT molecular complexity index is 565. The highest BCUT2D eigenvalue weighted by molar-refractivity contribution is 9.10. The third-order valence-corrected chi connectivity index (χ3v) is 5.19. The molecule has 1 rings (SSSR count). The molecule has 0 bridgehead atoms. The molecule has 100 valence electrons. The van der Waals surface area contributed by atoms with Gasteiger partial charge in [-0.25, -0.2) is 13.7 Å². The summed E-state index contributed by atoms with van der Waals surface area (Å²) >= 11 is 3.28. The maximum Gasteiger partial charge on any atom is 0.418 e. The number of rotatable bonds is 3. The molecule has 0 aliphatic rings. The molecule has 0 fully saturated rings. The smallest absolute Gasteiger partial charge is 0.418 e. The summed E-state index contributed by atoms with van der Waals surface area (Å²) in [5.74, 6) is 0. The van der Waals surface area contributed by atoms with Gasteiger partial charge in [0.25, 0.3) is 0 Å². The van der Waals surface area contributed by atoms with Gasteiger partial charge in [-0.2, -0.15) is 0 Å². The number of benzene rings is 1. The molecule has 0 aliphatic heterocycles. The number of hydrogen-bond acceptors (Lipinski definition) is 4. The summed E-state index contributed by atoms with van der Waals surface area (Å²) in [5, 5.41) is 1.43. The molecule has 3 N–H and O–H groups in total. The third-order valence-electron chi connectivity index (χ3n) is 2.12. The minimum absolute atomic E-state index is 0.216. The lowest BCUT2D eigenvalue weighted by Crippen LogP contribution is -2.32. The Kier molecular flexibility index (Phi) is 5.03. The van der Waals surface area contributed by atoms with Gasteiger partial charge in [-0.3, -0.25) is 0 Å². The van der Waals surface area contributed by atoms with Crippen molar-refractivity contribution in [1.29, 1.82) is 0 Å². The number of nitrogens with two attached hydrogens (primary N) is 1. The van der Waals surface area contributed by atoms with Crippen molar-refractivity contribution in [3.63, 3.8) is 0 Å². The van der Waals surface area contributed by atoms with Crippen LogP contribution in [0.15, 0.2) is 27.6 Å². The molecule has 18 heavy (non-hydrogen) atoms. The van der Waals surface area contributed by atoms with Crippen LogP contribution in [0.2, 0.25) is 0 Å². The Labute approximate surface area is 115 Å². The van der Waals surface area contributed by atoms with Crippen LogP contribution in [-0.2, 0) is 14.4 Å². The molecule has 0 aliphatic carbocycles. The van der Waals surface area contributed by atoms with E-state index in [1.807, 2.05) is 0 Å². The van der Waals surface area contributed by atoms with Crippen molar-refractivity contribution < 1.29 is 13.7 Å². The number of carbonyl (C=O) groups is 1. The molecule has 1 unspecified atom stereocenters. The van der Waals surface area contributed by atoms with E-state index < -0.39 is 15.8 Å². The lowest BCUT2D eigenvalue weighted by molar-refractivity contribution is 0.159. The van der Waals surface area contributed by atoms with Gasteiger partial charge in [0.15, 0.2) is 0 Å². The number of ether oxygens (including phenoxy) is 1. The van der Waals surface area contributed by atoms with Crippen LogP contribution in [0.25, 0.3) is 0 Å². The normalized spacial score (nSPS) is 13.5. The van der Waals surface area contributed by atoms with Crippen molar-refractivity contribution in [2.24, 2.45) is 0 Å². The molecule has 0 saturated carbocycles. The number of hydrogen-bond donors (Lipinski definition) is 2. The van der Waals surface area contributed by atoms with Gasteiger partial charge >= 0.3 is 6.09 Å². The van der Waals surface area contributed by atoms with E-state index in [1.165, 1.54) is 5.37 Å². The Morgan fingerprint density at radius 3 is 2.78 bits per heavy atom. The quantitative estimate of drug-likeness (QED) is 0.655. The summed E-state index contributed by atoms with van der Waals surface area (Å²) in [6, 6.07) is 4.86. The zero-order valence-corrected chi connectivity index (χ0v) is 12.5. The zero-order chi connectivity index (χ0) is 13.8. The van der Waals surface area contributed by atoms with Crippen LogP contribution in [-0.4, -0.2) is 22.3 Å². The zero-order valence-electron chi connectivity index (χ0n) is 10.1. The highest BCUT2D eigenvalue weighted by Crippen LogP contribution is 2.24. The fourth-order valence-corrected chi connectivity index (χ4v) is 3.81. The minimum Gasteiger partial charge on any atom is -0.449 e. The molecule has 0 saturated heterocycles. The Morgan fingerprint density at radius 1 is 1.61 bits per heavy atom. The Balaban J connectivity index is 3.17. The largest absolute Gasteiger partial charge is 0.449 e. The van der Waals surface area contributed by atoms with Crippen LogP contribution in [0, 0.1) is 0 Å². The molecule has 0 heterocycles. The average molecular weight is 335 g/mol.